The number of nitrogens with two attached hydrogens (primary N) is 1. The van der Waals surface area contributed by atoms with E-state index in [1.54, 1.807) is 21.3 Å². The van der Waals surface area contributed by atoms with Gasteiger partial charge in [0.1, 0.15) is 5.75 Å². The SMILES string of the molecule is CC[C@H](N)[C@@H]1c2cc(OC)c(OC)cc2CCN1Cc1cccc(OC)c1. The van der Waals surface area contributed by atoms with Gasteiger partial charge in [0.2, 0.25) is 0 Å². The lowest BCUT2D eigenvalue weighted by Crippen LogP contribution is -2.44. The topological polar surface area (TPSA) is 57.0 Å². The van der Waals surface area contributed by atoms with Crippen LogP contribution < -0.4 is 19.9 Å². The molecule has 0 saturated carbocycles. The molecule has 3 rings (SSSR count). The lowest BCUT2D eigenvalue weighted by molar-refractivity contribution is 0.148. The Morgan fingerprint density at radius 1 is 1.07 bits per heavy atom. The van der Waals surface area contributed by atoms with Crippen molar-refractivity contribution in [3.05, 3.63) is 53.1 Å². The third kappa shape index (κ3) is 4.04. The Balaban J connectivity index is 1.96. The molecule has 0 amide bonds. The summed E-state index contributed by atoms with van der Waals surface area (Å²) < 4.78 is 16.4. The summed E-state index contributed by atoms with van der Waals surface area (Å²) in [4.78, 5) is 2.47. The smallest absolute Gasteiger partial charge is 0.161 e. The molecule has 1 heterocycles. The number of methoxy groups -OCH3 is 3. The maximum atomic E-state index is 6.59. The molecule has 0 radical (unpaired) electrons. The molecule has 1 aliphatic rings. The van der Waals surface area contributed by atoms with Gasteiger partial charge in [0.25, 0.3) is 0 Å². The van der Waals surface area contributed by atoms with Crippen molar-refractivity contribution in [2.45, 2.75) is 38.4 Å². The van der Waals surface area contributed by atoms with Gasteiger partial charge in [0.15, 0.2) is 11.5 Å². The molecule has 1 aliphatic heterocycles. The Bertz CT molecular complexity index is 778. The summed E-state index contributed by atoms with van der Waals surface area (Å²) in [5.74, 6) is 2.42. The van der Waals surface area contributed by atoms with Gasteiger partial charge in [0.05, 0.1) is 27.4 Å². The molecule has 0 spiro atoms. The van der Waals surface area contributed by atoms with E-state index in [0.717, 1.165) is 43.2 Å². The molecule has 0 aliphatic carbocycles. The summed E-state index contributed by atoms with van der Waals surface area (Å²) in [6.07, 6.45) is 1.87. The molecule has 2 aromatic rings. The van der Waals surface area contributed by atoms with E-state index in [9.17, 15) is 0 Å². The van der Waals surface area contributed by atoms with Gasteiger partial charge in [-0.25, -0.2) is 0 Å². The van der Waals surface area contributed by atoms with Gasteiger partial charge in [-0.2, -0.15) is 0 Å². The van der Waals surface area contributed by atoms with E-state index in [2.05, 4.69) is 36.1 Å². The predicted molar refractivity (Wildman–Crippen MR) is 108 cm³/mol. The zero-order chi connectivity index (χ0) is 19.4. The third-order valence-corrected chi connectivity index (χ3v) is 5.42. The van der Waals surface area contributed by atoms with Crippen LogP contribution in [0.1, 0.15) is 36.1 Å². The van der Waals surface area contributed by atoms with Crippen molar-refractivity contribution < 1.29 is 14.2 Å². The second-order valence-electron chi connectivity index (χ2n) is 6.99. The van der Waals surface area contributed by atoms with Crippen molar-refractivity contribution in [1.29, 1.82) is 0 Å². The summed E-state index contributed by atoms with van der Waals surface area (Å²) >= 11 is 0. The molecule has 2 N–H and O–H groups in total. The molecule has 0 unspecified atom stereocenters. The first kappa shape index (κ1) is 19.5. The van der Waals surface area contributed by atoms with Gasteiger partial charge in [-0.05, 0) is 53.8 Å². The second-order valence-corrected chi connectivity index (χ2v) is 6.99. The average Bonchev–Trinajstić information content (AvgIpc) is 2.72. The van der Waals surface area contributed by atoms with E-state index in [4.69, 9.17) is 19.9 Å². The highest BCUT2D eigenvalue weighted by atomic mass is 16.5. The number of hydrogen-bond donors (Lipinski definition) is 1. The van der Waals surface area contributed by atoms with E-state index < -0.39 is 0 Å². The average molecular weight is 370 g/mol. The highest BCUT2D eigenvalue weighted by Crippen LogP contribution is 2.40. The molecule has 146 valence electrons. The highest BCUT2D eigenvalue weighted by Gasteiger charge is 2.32. The Hall–Kier alpha value is -2.24. The fourth-order valence-electron chi connectivity index (χ4n) is 3.94. The molecular formula is C22H30N2O3. The molecule has 27 heavy (non-hydrogen) atoms. The first-order valence-corrected chi connectivity index (χ1v) is 9.48. The molecule has 5 heteroatoms. The molecular weight excluding hydrogens is 340 g/mol. The zero-order valence-electron chi connectivity index (χ0n) is 16.7. The highest BCUT2D eigenvalue weighted by molar-refractivity contribution is 5.50. The van der Waals surface area contributed by atoms with Crippen molar-refractivity contribution in [3.8, 4) is 17.2 Å². The molecule has 0 saturated heterocycles. The fraction of sp³-hybridized carbons (Fsp3) is 0.455. The van der Waals surface area contributed by atoms with Gasteiger partial charge in [-0.15, -0.1) is 0 Å². The number of rotatable bonds is 7. The molecule has 0 aromatic heterocycles. The van der Waals surface area contributed by atoms with E-state index in [1.807, 2.05) is 12.1 Å². The first-order chi connectivity index (χ1) is 13.1. The van der Waals surface area contributed by atoms with Gasteiger partial charge >= 0.3 is 0 Å². The van der Waals surface area contributed by atoms with Crippen molar-refractivity contribution in [3.63, 3.8) is 0 Å². The maximum Gasteiger partial charge on any atom is 0.161 e. The second kappa shape index (κ2) is 8.63. The Morgan fingerprint density at radius 3 is 2.48 bits per heavy atom. The monoisotopic (exact) mass is 370 g/mol. The lowest BCUT2D eigenvalue weighted by atomic mass is 9.86. The molecule has 0 bridgehead atoms. The quantitative estimate of drug-likeness (QED) is 0.808. The molecule has 5 nitrogen and oxygen atoms in total. The first-order valence-electron chi connectivity index (χ1n) is 9.48. The zero-order valence-corrected chi connectivity index (χ0v) is 16.7. The molecule has 2 aromatic carbocycles. The maximum absolute atomic E-state index is 6.59. The van der Waals surface area contributed by atoms with Crippen molar-refractivity contribution >= 4 is 0 Å². The third-order valence-electron chi connectivity index (χ3n) is 5.42. The summed E-state index contributed by atoms with van der Waals surface area (Å²) in [6, 6.07) is 12.6. The van der Waals surface area contributed by atoms with Crippen LogP contribution in [0.5, 0.6) is 17.2 Å². The molecule has 2 atom stereocenters. The standard InChI is InChI=1S/C22H30N2O3/c1-5-19(23)22-18-13-21(27-4)20(26-3)12-16(18)9-10-24(22)14-15-7-6-8-17(11-15)25-2/h6-8,11-13,19,22H,5,9-10,14,23H2,1-4H3/t19-,22-/m0/s1. The number of hydrogen-bond acceptors (Lipinski definition) is 5. The van der Waals surface area contributed by atoms with Crippen molar-refractivity contribution in [1.82, 2.24) is 4.90 Å². The van der Waals surface area contributed by atoms with Crippen LogP contribution in [0.2, 0.25) is 0 Å². The van der Waals surface area contributed by atoms with Crippen LogP contribution in [0.15, 0.2) is 36.4 Å². The van der Waals surface area contributed by atoms with Crippen molar-refractivity contribution in [2.75, 3.05) is 27.9 Å². The van der Waals surface area contributed by atoms with E-state index >= 15 is 0 Å². The Kier molecular flexibility index (Phi) is 6.24. The summed E-state index contributed by atoms with van der Waals surface area (Å²) in [5, 5.41) is 0. The van der Waals surface area contributed by atoms with Gasteiger partial charge < -0.3 is 19.9 Å². The van der Waals surface area contributed by atoms with Crippen LogP contribution in [-0.4, -0.2) is 38.8 Å². The van der Waals surface area contributed by atoms with Crippen LogP contribution in [0, 0.1) is 0 Å². The fourth-order valence-corrected chi connectivity index (χ4v) is 3.94. The van der Waals surface area contributed by atoms with Crippen molar-refractivity contribution in [2.24, 2.45) is 5.73 Å². The minimum absolute atomic E-state index is 0.0489. The minimum Gasteiger partial charge on any atom is -0.497 e. The lowest BCUT2D eigenvalue weighted by Gasteiger charge is -2.40. The minimum atomic E-state index is 0.0489. The van der Waals surface area contributed by atoms with Crippen LogP contribution >= 0.6 is 0 Å². The summed E-state index contributed by atoms with van der Waals surface area (Å²) in [5.41, 5.74) is 10.4. The predicted octanol–water partition coefficient (Wildman–Crippen LogP) is 3.55. The van der Waals surface area contributed by atoms with Crippen LogP contribution in [0.3, 0.4) is 0 Å². The Labute approximate surface area is 162 Å². The Morgan fingerprint density at radius 2 is 1.81 bits per heavy atom. The van der Waals surface area contributed by atoms with Gasteiger partial charge in [-0.3, -0.25) is 4.90 Å². The van der Waals surface area contributed by atoms with Crippen LogP contribution in [-0.2, 0) is 13.0 Å². The largest absolute Gasteiger partial charge is 0.497 e. The number of nitrogens with zero attached hydrogens (tertiary/aromatic N) is 1. The van der Waals surface area contributed by atoms with E-state index in [1.165, 1.54) is 16.7 Å². The number of ether oxygens (including phenoxy) is 3. The number of fused-ring (bicyclic) bond motifs is 1. The summed E-state index contributed by atoms with van der Waals surface area (Å²) in [6.45, 7) is 3.94. The normalized spacial score (nSPS) is 17.9. The number of benzene rings is 2. The summed E-state index contributed by atoms with van der Waals surface area (Å²) in [7, 11) is 5.05. The van der Waals surface area contributed by atoms with Crippen LogP contribution in [0.25, 0.3) is 0 Å². The van der Waals surface area contributed by atoms with Gasteiger partial charge in [-0.1, -0.05) is 19.1 Å². The molecule has 0 fully saturated rings. The van der Waals surface area contributed by atoms with Crippen LogP contribution in [0.4, 0.5) is 0 Å². The van der Waals surface area contributed by atoms with Gasteiger partial charge in [0, 0.05) is 19.1 Å². The van der Waals surface area contributed by atoms with E-state index in [0.29, 0.717) is 0 Å². The van der Waals surface area contributed by atoms with E-state index in [-0.39, 0.29) is 12.1 Å².